The van der Waals surface area contributed by atoms with Crippen molar-refractivity contribution in [3.05, 3.63) is 58.6 Å². The molecule has 2 aromatic rings. The summed E-state index contributed by atoms with van der Waals surface area (Å²) in [7, 11) is -1.62. The zero-order valence-corrected chi connectivity index (χ0v) is 20.5. The fourth-order valence-corrected chi connectivity index (χ4v) is 5.65. The minimum absolute atomic E-state index is 0.0968. The standard InChI is InChI=1S/C24H32ClN3O4S/c1-32-23-15-22(26)21(25)14-20(23)24(29)27-16-18-8-11-28(12-9-18)10-5-13-33(30,31)17-19-6-3-2-4-7-19/h2-4,6-7,14-15,18H,5,8-13,16-17,26H2,1H3,(H,27,29). The van der Waals surface area contributed by atoms with E-state index in [1.165, 1.54) is 13.2 Å². The Morgan fingerprint density at radius 2 is 1.91 bits per heavy atom. The van der Waals surface area contributed by atoms with Crippen molar-refractivity contribution >= 4 is 33.0 Å². The highest BCUT2D eigenvalue weighted by atomic mass is 35.5. The Kier molecular flexibility index (Phi) is 9.00. The molecular weight excluding hydrogens is 462 g/mol. The van der Waals surface area contributed by atoms with Crippen LogP contribution in [0.2, 0.25) is 5.02 Å². The van der Waals surface area contributed by atoms with Crippen molar-refractivity contribution in [1.82, 2.24) is 10.2 Å². The van der Waals surface area contributed by atoms with E-state index in [-0.39, 0.29) is 17.4 Å². The Morgan fingerprint density at radius 3 is 2.58 bits per heavy atom. The molecule has 0 saturated carbocycles. The van der Waals surface area contributed by atoms with E-state index < -0.39 is 9.84 Å². The van der Waals surface area contributed by atoms with Gasteiger partial charge in [-0.1, -0.05) is 41.9 Å². The predicted molar refractivity (Wildman–Crippen MR) is 132 cm³/mol. The van der Waals surface area contributed by atoms with Gasteiger partial charge in [0.15, 0.2) is 9.84 Å². The van der Waals surface area contributed by atoms with Gasteiger partial charge in [-0.05, 0) is 56.4 Å². The van der Waals surface area contributed by atoms with Crippen molar-refractivity contribution in [3.8, 4) is 5.75 Å². The average molecular weight is 494 g/mol. The molecule has 3 N–H and O–H groups in total. The summed E-state index contributed by atoms with van der Waals surface area (Å²) in [5, 5.41) is 3.29. The lowest BCUT2D eigenvalue weighted by Crippen LogP contribution is -2.39. The molecular formula is C24H32ClN3O4S. The van der Waals surface area contributed by atoms with E-state index in [0.29, 0.717) is 40.9 Å². The molecule has 1 saturated heterocycles. The number of hydrogen-bond acceptors (Lipinski definition) is 6. The highest BCUT2D eigenvalue weighted by molar-refractivity contribution is 7.90. The van der Waals surface area contributed by atoms with Crippen LogP contribution < -0.4 is 15.8 Å². The van der Waals surface area contributed by atoms with Crippen LogP contribution >= 0.6 is 11.6 Å². The summed E-state index contributed by atoms with van der Waals surface area (Å²) in [6.07, 6.45) is 2.54. The molecule has 0 aromatic heterocycles. The van der Waals surface area contributed by atoms with E-state index in [1.54, 1.807) is 6.07 Å². The number of sulfone groups is 1. The monoisotopic (exact) mass is 493 g/mol. The number of piperidine rings is 1. The summed E-state index contributed by atoms with van der Waals surface area (Å²) in [5.74, 6) is 0.831. The maximum Gasteiger partial charge on any atom is 0.255 e. The lowest BCUT2D eigenvalue weighted by molar-refractivity contribution is 0.0933. The zero-order chi connectivity index (χ0) is 23.8. The molecule has 1 aliphatic rings. The van der Waals surface area contributed by atoms with E-state index in [1.807, 2.05) is 30.3 Å². The van der Waals surface area contributed by atoms with Crippen LogP contribution in [0.3, 0.4) is 0 Å². The van der Waals surface area contributed by atoms with Crippen LogP contribution in [0.25, 0.3) is 0 Å². The Morgan fingerprint density at radius 1 is 1.21 bits per heavy atom. The van der Waals surface area contributed by atoms with E-state index in [2.05, 4.69) is 10.2 Å². The minimum Gasteiger partial charge on any atom is -0.496 e. The van der Waals surface area contributed by atoms with E-state index in [4.69, 9.17) is 22.1 Å². The fourth-order valence-electron chi connectivity index (χ4n) is 4.07. The molecule has 0 aliphatic carbocycles. The highest BCUT2D eigenvalue weighted by Gasteiger charge is 2.22. The van der Waals surface area contributed by atoms with Gasteiger partial charge in [0.1, 0.15) is 5.75 Å². The van der Waals surface area contributed by atoms with Gasteiger partial charge in [-0.2, -0.15) is 0 Å². The van der Waals surface area contributed by atoms with Gasteiger partial charge in [-0.3, -0.25) is 4.79 Å². The third-order valence-corrected chi connectivity index (χ3v) is 7.99. The van der Waals surface area contributed by atoms with E-state index in [0.717, 1.165) is 38.0 Å². The first-order valence-electron chi connectivity index (χ1n) is 11.2. The van der Waals surface area contributed by atoms with Crippen LogP contribution in [-0.2, 0) is 15.6 Å². The molecule has 0 bridgehead atoms. The average Bonchev–Trinajstić information content (AvgIpc) is 2.80. The first-order chi connectivity index (χ1) is 15.8. The van der Waals surface area contributed by atoms with Gasteiger partial charge in [0, 0.05) is 12.6 Å². The number of hydrogen-bond donors (Lipinski definition) is 2. The quantitative estimate of drug-likeness (QED) is 0.492. The van der Waals surface area contributed by atoms with Crippen LogP contribution in [0.15, 0.2) is 42.5 Å². The molecule has 1 amide bonds. The number of nitrogens with zero attached hydrogens (tertiary/aromatic N) is 1. The number of methoxy groups -OCH3 is 1. The van der Waals surface area contributed by atoms with Crippen LogP contribution in [0.4, 0.5) is 5.69 Å². The van der Waals surface area contributed by atoms with Gasteiger partial charge in [0.25, 0.3) is 5.91 Å². The number of rotatable bonds is 10. The number of nitrogens with one attached hydrogen (secondary N) is 1. The van der Waals surface area contributed by atoms with Crippen LogP contribution in [0, 0.1) is 5.92 Å². The summed E-state index contributed by atoms with van der Waals surface area (Å²) >= 11 is 6.06. The smallest absolute Gasteiger partial charge is 0.255 e. The lowest BCUT2D eigenvalue weighted by Gasteiger charge is -2.32. The molecule has 9 heteroatoms. The molecule has 3 rings (SSSR count). The predicted octanol–water partition coefficient (Wildman–Crippen LogP) is 3.38. The summed E-state index contributed by atoms with van der Waals surface area (Å²) in [6.45, 7) is 3.14. The Labute approximate surface area is 201 Å². The van der Waals surface area contributed by atoms with Gasteiger partial charge in [-0.15, -0.1) is 0 Å². The van der Waals surface area contributed by atoms with Crippen molar-refractivity contribution in [1.29, 1.82) is 0 Å². The molecule has 0 atom stereocenters. The second-order valence-electron chi connectivity index (χ2n) is 8.50. The number of nitrogens with two attached hydrogens (primary N) is 1. The molecule has 180 valence electrons. The van der Waals surface area contributed by atoms with Gasteiger partial charge in [0.05, 0.1) is 34.9 Å². The molecule has 1 aliphatic heterocycles. The minimum atomic E-state index is -3.10. The molecule has 33 heavy (non-hydrogen) atoms. The highest BCUT2D eigenvalue weighted by Crippen LogP contribution is 2.29. The Bertz CT molecular complexity index is 1040. The number of nitrogen functional groups attached to an aromatic ring is 1. The van der Waals surface area contributed by atoms with Crippen molar-refractivity contribution in [2.75, 3.05) is 44.8 Å². The van der Waals surface area contributed by atoms with Gasteiger partial charge in [-0.25, -0.2) is 8.42 Å². The molecule has 2 aromatic carbocycles. The maximum atomic E-state index is 12.6. The normalized spacial score (nSPS) is 15.3. The SMILES string of the molecule is COc1cc(N)c(Cl)cc1C(=O)NCC1CCN(CCCS(=O)(=O)Cc2ccccc2)CC1. The maximum absolute atomic E-state index is 12.6. The summed E-state index contributed by atoms with van der Waals surface area (Å²) in [4.78, 5) is 14.9. The van der Waals surface area contributed by atoms with Crippen LogP contribution in [0.5, 0.6) is 5.75 Å². The van der Waals surface area contributed by atoms with Gasteiger partial charge < -0.3 is 20.7 Å². The topological polar surface area (TPSA) is 102 Å². The first kappa shape index (κ1) is 25.3. The second kappa shape index (κ2) is 11.7. The lowest BCUT2D eigenvalue weighted by atomic mass is 9.96. The number of carbonyl (C=O) groups excluding carboxylic acids is 1. The fraction of sp³-hybridized carbons (Fsp3) is 0.458. The number of anilines is 1. The molecule has 0 unspecified atom stereocenters. The van der Waals surface area contributed by atoms with Crippen LogP contribution in [-0.4, -0.2) is 58.3 Å². The number of halogens is 1. The molecule has 0 radical (unpaired) electrons. The summed E-state index contributed by atoms with van der Waals surface area (Å²) < 4.78 is 30.0. The number of likely N-dealkylation sites (tertiary alicyclic amines) is 1. The number of benzene rings is 2. The van der Waals surface area contributed by atoms with Crippen LogP contribution in [0.1, 0.15) is 35.2 Å². The Hall–Kier alpha value is -2.29. The molecule has 0 spiro atoms. The van der Waals surface area contributed by atoms with E-state index in [9.17, 15) is 13.2 Å². The summed E-state index contributed by atoms with van der Waals surface area (Å²) in [6, 6.07) is 12.4. The first-order valence-corrected chi connectivity index (χ1v) is 13.4. The molecule has 1 heterocycles. The zero-order valence-electron chi connectivity index (χ0n) is 18.9. The Balaban J connectivity index is 1.38. The van der Waals surface area contributed by atoms with Crippen molar-refractivity contribution < 1.29 is 17.9 Å². The van der Waals surface area contributed by atoms with Crippen molar-refractivity contribution in [2.45, 2.75) is 25.0 Å². The summed E-state index contributed by atoms with van der Waals surface area (Å²) in [5.41, 5.74) is 7.35. The van der Waals surface area contributed by atoms with Gasteiger partial charge >= 0.3 is 0 Å². The largest absolute Gasteiger partial charge is 0.496 e. The van der Waals surface area contributed by atoms with E-state index >= 15 is 0 Å². The van der Waals surface area contributed by atoms with Gasteiger partial charge in [0.2, 0.25) is 0 Å². The van der Waals surface area contributed by atoms with Crippen molar-refractivity contribution in [2.24, 2.45) is 5.92 Å². The van der Waals surface area contributed by atoms with Crippen molar-refractivity contribution in [3.63, 3.8) is 0 Å². The number of ether oxygens (including phenoxy) is 1. The third-order valence-electron chi connectivity index (χ3n) is 5.98. The number of amides is 1. The molecule has 1 fully saturated rings. The molecule has 7 nitrogen and oxygen atoms in total. The second-order valence-corrected chi connectivity index (χ2v) is 11.1. The third kappa shape index (κ3) is 7.62. The number of carbonyl (C=O) groups is 1.